The van der Waals surface area contributed by atoms with E-state index in [2.05, 4.69) is 0 Å². The summed E-state index contributed by atoms with van der Waals surface area (Å²) < 4.78 is 12.1. The molecule has 4 aromatic rings. The molecule has 0 aliphatic heterocycles. The molecule has 1 amide bonds. The molecule has 0 bridgehead atoms. The highest BCUT2D eigenvalue weighted by Crippen LogP contribution is 2.36. The van der Waals surface area contributed by atoms with Gasteiger partial charge >= 0.3 is 0 Å². The molecule has 0 aliphatic carbocycles. The molecule has 0 atom stereocenters. The van der Waals surface area contributed by atoms with Gasteiger partial charge in [0.2, 0.25) is 0 Å². The van der Waals surface area contributed by atoms with Gasteiger partial charge in [-0.25, -0.2) is 4.98 Å². The summed E-state index contributed by atoms with van der Waals surface area (Å²) in [5, 5.41) is 1.05. The van der Waals surface area contributed by atoms with E-state index in [1.54, 1.807) is 23.1 Å². The molecule has 0 spiro atoms. The van der Waals surface area contributed by atoms with Crippen LogP contribution in [-0.4, -0.2) is 24.6 Å². The number of amides is 1. The number of para-hydroxylation sites is 1. The standard InChI is InChI=1S/C24H21ClN2O3S/c1-3-30-20-10-7-11-21-22(20)26-24(31-21)27(15-16-8-5-4-6-9-16)23(28)18-14-17(25)12-13-19(18)29-2/h4-14H,3,15H2,1-2H3. The van der Waals surface area contributed by atoms with E-state index < -0.39 is 0 Å². The Balaban J connectivity index is 1.82. The van der Waals surface area contributed by atoms with Crippen molar-refractivity contribution in [2.75, 3.05) is 18.6 Å². The lowest BCUT2D eigenvalue weighted by atomic mass is 10.1. The summed E-state index contributed by atoms with van der Waals surface area (Å²) in [4.78, 5) is 20.1. The fourth-order valence-corrected chi connectivity index (χ4v) is 4.44. The highest BCUT2D eigenvalue weighted by molar-refractivity contribution is 7.22. The van der Waals surface area contributed by atoms with E-state index >= 15 is 0 Å². The lowest BCUT2D eigenvalue weighted by Gasteiger charge is -2.21. The first-order chi connectivity index (χ1) is 15.1. The first kappa shape index (κ1) is 21.2. The number of ether oxygens (including phenoxy) is 2. The molecule has 0 fully saturated rings. The molecule has 5 nitrogen and oxygen atoms in total. The number of carbonyl (C=O) groups is 1. The Morgan fingerprint density at radius 1 is 1.06 bits per heavy atom. The number of carbonyl (C=O) groups excluding carboxylic acids is 1. The van der Waals surface area contributed by atoms with E-state index in [9.17, 15) is 4.79 Å². The number of benzene rings is 3. The van der Waals surface area contributed by atoms with E-state index in [-0.39, 0.29) is 5.91 Å². The highest BCUT2D eigenvalue weighted by Gasteiger charge is 2.25. The number of methoxy groups -OCH3 is 1. The molecular weight excluding hydrogens is 432 g/mol. The molecule has 0 saturated carbocycles. The van der Waals surface area contributed by atoms with Gasteiger partial charge in [0.15, 0.2) is 5.13 Å². The van der Waals surface area contributed by atoms with Crippen molar-refractivity contribution in [3.8, 4) is 11.5 Å². The third-order valence-corrected chi connectivity index (χ3v) is 6.00. The van der Waals surface area contributed by atoms with Crippen LogP contribution < -0.4 is 14.4 Å². The maximum atomic E-state index is 13.7. The van der Waals surface area contributed by atoms with Crippen molar-refractivity contribution < 1.29 is 14.3 Å². The Morgan fingerprint density at radius 2 is 1.87 bits per heavy atom. The van der Waals surface area contributed by atoms with Gasteiger partial charge in [-0.2, -0.15) is 0 Å². The van der Waals surface area contributed by atoms with E-state index in [1.165, 1.54) is 18.4 Å². The summed E-state index contributed by atoms with van der Waals surface area (Å²) in [6.45, 7) is 2.83. The van der Waals surface area contributed by atoms with Crippen LogP contribution in [0.25, 0.3) is 10.2 Å². The van der Waals surface area contributed by atoms with Gasteiger partial charge in [-0.15, -0.1) is 0 Å². The fourth-order valence-electron chi connectivity index (χ4n) is 3.28. The normalized spacial score (nSPS) is 10.8. The average molecular weight is 453 g/mol. The number of anilines is 1. The molecular formula is C24H21ClN2O3S. The number of nitrogens with zero attached hydrogens (tertiary/aromatic N) is 2. The van der Waals surface area contributed by atoms with Crippen molar-refractivity contribution in [2.24, 2.45) is 0 Å². The molecule has 7 heteroatoms. The van der Waals surface area contributed by atoms with E-state index in [1.807, 2.05) is 55.5 Å². The molecule has 0 unspecified atom stereocenters. The van der Waals surface area contributed by atoms with Crippen LogP contribution in [0.15, 0.2) is 66.7 Å². The predicted octanol–water partition coefficient (Wildman–Crippen LogP) is 6.20. The second-order valence-corrected chi connectivity index (χ2v) is 8.20. The zero-order valence-corrected chi connectivity index (χ0v) is 18.7. The van der Waals surface area contributed by atoms with Crippen molar-refractivity contribution >= 4 is 44.2 Å². The number of rotatable bonds is 7. The minimum atomic E-state index is -0.236. The number of fused-ring (bicyclic) bond motifs is 1. The molecule has 0 aliphatic rings. The monoisotopic (exact) mass is 452 g/mol. The second-order valence-electron chi connectivity index (χ2n) is 6.75. The zero-order valence-electron chi connectivity index (χ0n) is 17.2. The van der Waals surface area contributed by atoms with Gasteiger partial charge in [0.25, 0.3) is 5.91 Å². The SMILES string of the molecule is CCOc1cccc2sc(N(Cc3ccccc3)C(=O)c3cc(Cl)ccc3OC)nc12. The van der Waals surface area contributed by atoms with Gasteiger partial charge in [-0.1, -0.05) is 59.3 Å². The topological polar surface area (TPSA) is 51.7 Å². The Morgan fingerprint density at radius 3 is 2.61 bits per heavy atom. The lowest BCUT2D eigenvalue weighted by molar-refractivity contribution is 0.0982. The van der Waals surface area contributed by atoms with E-state index in [0.717, 1.165) is 15.8 Å². The van der Waals surface area contributed by atoms with Crippen molar-refractivity contribution in [3.05, 3.63) is 82.9 Å². The Hall–Kier alpha value is -3.09. The van der Waals surface area contributed by atoms with Gasteiger partial charge in [0, 0.05) is 5.02 Å². The first-order valence-corrected chi connectivity index (χ1v) is 11.0. The Kier molecular flexibility index (Phi) is 6.39. The van der Waals surface area contributed by atoms with E-state index in [4.69, 9.17) is 26.1 Å². The van der Waals surface area contributed by atoms with Crippen LogP contribution >= 0.6 is 22.9 Å². The molecule has 1 heterocycles. The number of aromatic nitrogens is 1. The third kappa shape index (κ3) is 4.50. The van der Waals surface area contributed by atoms with Gasteiger partial charge in [-0.3, -0.25) is 9.69 Å². The van der Waals surface area contributed by atoms with Crippen molar-refractivity contribution in [2.45, 2.75) is 13.5 Å². The van der Waals surface area contributed by atoms with Crippen molar-refractivity contribution in [1.29, 1.82) is 0 Å². The molecule has 1 aromatic heterocycles. The van der Waals surface area contributed by atoms with Crippen LogP contribution in [0, 0.1) is 0 Å². The molecule has 158 valence electrons. The number of thiazole rings is 1. The summed E-state index contributed by atoms with van der Waals surface area (Å²) in [7, 11) is 1.54. The number of halogens is 1. The molecule has 4 rings (SSSR count). The Bertz CT molecular complexity index is 1210. The third-order valence-electron chi connectivity index (χ3n) is 4.72. The molecule has 31 heavy (non-hydrogen) atoms. The van der Waals surface area contributed by atoms with Gasteiger partial charge in [0.05, 0.1) is 30.5 Å². The molecule has 0 saturated heterocycles. The number of hydrogen-bond acceptors (Lipinski definition) is 5. The van der Waals surface area contributed by atoms with Crippen LogP contribution in [0.1, 0.15) is 22.8 Å². The van der Waals surface area contributed by atoms with Gasteiger partial charge in [-0.05, 0) is 42.8 Å². The minimum absolute atomic E-state index is 0.236. The summed E-state index contributed by atoms with van der Waals surface area (Å²) in [5.41, 5.74) is 2.12. The fraction of sp³-hybridized carbons (Fsp3) is 0.167. The minimum Gasteiger partial charge on any atom is -0.496 e. The lowest BCUT2D eigenvalue weighted by Crippen LogP contribution is -2.30. The van der Waals surface area contributed by atoms with Crippen molar-refractivity contribution in [3.63, 3.8) is 0 Å². The summed E-state index contributed by atoms with van der Waals surface area (Å²) >= 11 is 7.64. The van der Waals surface area contributed by atoms with Crippen LogP contribution in [0.2, 0.25) is 5.02 Å². The van der Waals surface area contributed by atoms with Crippen LogP contribution in [0.4, 0.5) is 5.13 Å². The summed E-state index contributed by atoms with van der Waals surface area (Å²) in [5.74, 6) is 0.929. The highest BCUT2D eigenvalue weighted by atomic mass is 35.5. The van der Waals surface area contributed by atoms with Gasteiger partial charge < -0.3 is 9.47 Å². The molecule has 3 aromatic carbocycles. The molecule has 0 radical (unpaired) electrons. The zero-order chi connectivity index (χ0) is 21.8. The average Bonchev–Trinajstić information content (AvgIpc) is 3.23. The maximum Gasteiger partial charge on any atom is 0.264 e. The smallest absolute Gasteiger partial charge is 0.264 e. The summed E-state index contributed by atoms with van der Waals surface area (Å²) in [6.07, 6.45) is 0. The maximum absolute atomic E-state index is 13.7. The van der Waals surface area contributed by atoms with Gasteiger partial charge in [0.1, 0.15) is 17.0 Å². The van der Waals surface area contributed by atoms with Crippen LogP contribution in [0.3, 0.4) is 0 Å². The summed E-state index contributed by atoms with van der Waals surface area (Å²) in [6, 6.07) is 20.6. The quantitative estimate of drug-likeness (QED) is 0.335. The van der Waals surface area contributed by atoms with Crippen molar-refractivity contribution in [1.82, 2.24) is 4.98 Å². The van der Waals surface area contributed by atoms with Crippen LogP contribution in [-0.2, 0) is 6.54 Å². The second kappa shape index (κ2) is 9.37. The van der Waals surface area contributed by atoms with E-state index in [0.29, 0.717) is 40.4 Å². The number of hydrogen-bond donors (Lipinski definition) is 0. The molecule has 0 N–H and O–H groups in total. The first-order valence-electron chi connectivity index (χ1n) is 9.82. The predicted molar refractivity (Wildman–Crippen MR) is 126 cm³/mol. The van der Waals surface area contributed by atoms with Crippen LogP contribution in [0.5, 0.6) is 11.5 Å². The Labute approximate surface area is 189 Å². The largest absolute Gasteiger partial charge is 0.496 e.